The van der Waals surface area contributed by atoms with Crippen molar-refractivity contribution in [2.75, 3.05) is 17.2 Å². The number of rotatable bonds is 3. The summed E-state index contributed by atoms with van der Waals surface area (Å²) in [6, 6.07) is 7.76. The monoisotopic (exact) mass is 352 g/mol. The minimum atomic E-state index is -0.762. The van der Waals surface area contributed by atoms with Gasteiger partial charge in [0.2, 0.25) is 0 Å². The van der Waals surface area contributed by atoms with Gasteiger partial charge in [0.1, 0.15) is 5.69 Å². The van der Waals surface area contributed by atoms with Crippen LogP contribution in [0.2, 0.25) is 0 Å². The highest BCUT2D eigenvalue weighted by Gasteiger charge is 2.21. The summed E-state index contributed by atoms with van der Waals surface area (Å²) >= 11 is 0. The second-order valence-corrected chi connectivity index (χ2v) is 4.26. The minimum Gasteiger partial charge on any atom is -0.397 e. The van der Waals surface area contributed by atoms with Crippen LogP contribution in [0.3, 0.4) is 0 Å². The van der Waals surface area contributed by atoms with Crippen LogP contribution >= 0.6 is 0 Å². The van der Waals surface area contributed by atoms with E-state index < -0.39 is 31.8 Å². The zero-order valence-corrected chi connectivity index (χ0v) is 12.0. The van der Waals surface area contributed by atoms with E-state index in [1.165, 1.54) is 24.3 Å². The van der Waals surface area contributed by atoms with E-state index in [4.69, 9.17) is 17.2 Å². The number of para-hydroxylation sites is 2. The largest absolute Gasteiger partial charge is 0.397 e. The van der Waals surface area contributed by atoms with Crippen molar-refractivity contribution in [3.05, 3.63) is 66.7 Å². The molecule has 12 heteroatoms. The summed E-state index contributed by atoms with van der Waals surface area (Å²) in [6.45, 7) is 0. The van der Waals surface area contributed by atoms with Crippen LogP contribution in [0.5, 0.6) is 0 Å². The Labute approximate surface area is 141 Å². The van der Waals surface area contributed by atoms with Crippen molar-refractivity contribution < 1.29 is 14.8 Å². The number of anilines is 3. The molecular weight excluding hydrogens is 336 g/mol. The Morgan fingerprint density at radius 3 is 1.28 bits per heavy atom. The first kappa shape index (κ1) is 21.0. The molecule has 2 aromatic rings. The van der Waals surface area contributed by atoms with Crippen LogP contribution in [0.25, 0.3) is 0 Å². The lowest BCUT2D eigenvalue weighted by Gasteiger charge is -1.98. The van der Waals surface area contributed by atoms with E-state index in [0.29, 0.717) is 0 Å². The maximum atomic E-state index is 10.3. The van der Waals surface area contributed by atoms with Gasteiger partial charge in [-0.2, -0.15) is 0 Å². The van der Waals surface area contributed by atoms with Gasteiger partial charge in [-0.1, -0.05) is 13.5 Å². The molecule has 0 aromatic heterocycles. The van der Waals surface area contributed by atoms with Gasteiger partial charge in [-0.15, -0.1) is 0 Å². The highest BCUT2D eigenvalue weighted by molar-refractivity contribution is 5.73. The van der Waals surface area contributed by atoms with E-state index in [-0.39, 0.29) is 24.5 Å². The number of nitro groups is 3. The van der Waals surface area contributed by atoms with E-state index >= 15 is 0 Å². The van der Waals surface area contributed by atoms with Crippen LogP contribution in [0.1, 0.15) is 7.43 Å². The summed E-state index contributed by atoms with van der Waals surface area (Å²) in [6.07, 6.45) is 0. The van der Waals surface area contributed by atoms with E-state index in [1.54, 1.807) is 0 Å². The maximum absolute atomic E-state index is 10.3. The fourth-order valence-corrected chi connectivity index (χ4v) is 1.59. The average molecular weight is 352 g/mol. The molecule has 0 aliphatic heterocycles. The molecule has 0 saturated heterocycles. The van der Waals surface area contributed by atoms with Crippen LogP contribution in [0, 0.1) is 30.3 Å². The second kappa shape index (κ2) is 8.61. The fraction of sp³-hybridized carbons (Fsp3) is 0.0769. The summed E-state index contributed by atoms with van der Waals surface area (Å²) in [4.78, 5) is 28.8. The molecule has 0 spiro atoms. The van der Waals surface area contributed by atoms with Crippen molar-refractivity contribution in [1.29, 1.82) is 0 Å². The third-order valence-electron chi connectivity index (χ3n) is 2.77. The van der Waals surface area contributed by atoms with Gasteiger partial charge in [-0.05, 0) is 12.1 Å². The molecule has 2 aromatic carbocycles. The summed E-state index contributed by atoms with van der Waals surface area (Å²) in [5.41, 5.74) is 14.6. The average Bonchev–Trinajstić information content (AvgIpc) is 2.50. The second-order valence-electron chi connectivity index (χ2n) is 4.26. The zero-order valence-electron chi connectivity index (χ0n) is 12.0. The number of nitrogens with zero attached hydrogens (tertiary/aromatic N) is 3. The molecule has 134 valence electrons. The predicted molar refractivity (Wildman–Crippen MR) is 92.8 cm³/mol. The number of hydrogen-bond donors (Lipinski definition) is 3. The Hall–Kier alpha value is -3.96. The molecule has 0 aliphatic carbocycles. The number of hydrogen-bond acceptors (Lipinski definition) is 9. The van der Waals surface area contributed by atoms with Crippen LogP contribution < -0.4 is 17.2 Å². The Morgan fingerprint density at radius 1 is 0.640 bits per heavy atom. The lowest BCUT2D eigenvalue weighted by Crippen LogP contribution is -2.00. The van der Waals surface area contributed by atoms with E-state index in [2.05, 4.69) is 0 Å². The third kappa shape index (κ3) is 5.02. The summed E-state index contributed by atoms with van der Waals surface area (Å²) in [7, 11) is 0. The number of nitrogen functional groups attached to an aromatic ring is 3. The highest BCUT2D eigenvalue weighted by atomic mass is 16.6. The first-order chi connectivity index (χ1) is 11.2. The molecule has 0 fully saturated rings. The Morgan fingerprint density at radius 2 is 0.960 bits per heavy atom. The van der Waals surface area contributed by atoms with Gasteiger partial charge >= 0.3 is 0 Å². The first-order valence-corrected chi connectivity index (χ1v) is 6.12. The molecule has 0 unspecified atom stereocenters. The molecule has 25 heavy (non-hydrogen) atoms. The molecule has 6 N–H and O–H groups in total. The lowest BCUT2D eigenvalue weighted by atomic mass is 10.2. The van der Waals surface area contributed by atoms with Gasteiger partial charge in [0.25, 0.3) is 17.1 Å². The van der Waals surface area contributed by atoms with Gasteiger partial charge in [0.05, 0.1) is 20.5 Å². The molecule has 2 rings (SSSR count). The fourth-order valence-electron chi connectivity index (χ4n) is 1.59. The van der Waals surface area contributed by atoms with Crippen molar-refractivity contribution >= 4 is 34.1 Å². The Bertz CT molecular complexity index is 777. The molecule has 0 heterocycles. The lowest BCUT2D eigenvalue weighted by molar-refractivity contribution is -0.392. The maximum Gasteiger partial charge on any atom is 0.299 e. The molecular formula is C13H16N6O6. The summed E-state index contributed by atoms with van der Waals surface area (Å²) < 4.78 is 0. The molecule has 0 atom stereocenters. The van der Waals surface area contributed by atoms with Crippen LogP contribution in [-0.2, 0) is 0 Å². The normalized spacial score (nSPS) is 9.12. The minimum absolute atomic E-state index is 0. The van der Waals surface area contributed by atoms with Gasteiger partial charge in [-0.25, -0.2) is 0 Å². The van der Waals surface area contributed by atoms with Crippen LogP contribution in [0.4, 0.5) is 34.1 Å². The quantitative estimate of drug-likeness (QED) is 0.420. The highest BCUT2D eigenvalue weighted by Crippen LogP contribution is 2.30. The summed E-state index contributed by atoms with van der Waals surface area (Å²) in [5.74, 6) is 0. The third-order valence-corrected chi connectivity index (χ3v) is 2.77. The van der Waals surface area contributed by atoms with Crippen LogP contribution in [-0.4, -0.2) is 14.8 Å². The van der Waals surface area contributed by atoms with Gasteiger partial charge in [-0.3, -0.25) is 30.3 Å². The number of nitrogens with two attached hydrogens (primary N) is 3. The van der Waals surface area contributed by atoms with E-state index in [9.17, 15) is 30.3 Å². The van der Waals surface area contributed by atoms with Gasteiger partial charge < -0.3 is 17.2 Å². The summed E-state index contributed by atoms with van der Waals surface area (Å²) in [5, 5.41) is 30.8. The van der Waals surface area contributed by atoms with Crippen LogP contribution in [0.15, 0.2) is 36.4 Å². The standard InChI is InChI=1S/C6H5N3O4.C6H7N3O2.CH4/c7-6-4(8(10)11)2-1-3-5(6)9(12)13;7-4-2-1-3-5(6(4)8)9(10)11;/h1-3H,7H2;1-3H,7-8H2;1H4. The molecule has 0 aliphatic rings. The SMILES string of the molecule is C.Nc1c([N+](=O)[O-])cccc1[N+](=O)[O-].Nc1cccc([N+](=O)[O-])c1N. The zero-order chi connectivity index (χ0) is 18.4. The van der Waals surface area contributed by atoms with Crippen molar-refractivity contribution in [3.63, 3.8) is 0 Å². The number of nitro benzene ring substituents is 3. The molecule has 0 radical (unpaired) electrons. The Balaban J connectivity index is 0.000000449. The van der Waals surface area contributed by atoms with Crippen molar-refractivity contribution in [3.8, 4) is 0 Å². The van der Waals surface area contributed by atoms with Gasteiger partial charge in [0.15, 0.2) is 5.69 Å². The van der Waals surface area contributed by atoms with Crippen molar-refractivity contribution in [2.45, 2.75) is 7.43 Å². The topological polar surface area (TPSA) is 207 Å². The van der Waals surface area contributed by atoms with E-state index in [0.717, 1.165) is 12.1 Å². The van der Waals surface area contributed by atoms with E-state index in [1.807, 2.05) is 0 Å². The molecule has 0 saturated carbocycles. The number of benzene rings is 2. The first-order valence-electron chi connectivity index (χ1n) is 6.12. The van der Waals surface area contributed by atoms with Crippen molar-refractivity contribution in [1.82, 2.24) is 0 Å². The smallest absolute Gasteiger partial charge is 0.299 e. The van der Waals surface area contributed by atoms with Crippen molar-refractivity contribution in [2.24, 2.45) is 0 Å². The molecule has 0 amide bonds. The Kier molecular flexibility index (Phi) is 7.25. The predicted octanol–water partition coefficient (Wildman–Crippen LogP) is 2.48. The molecule has 0 bridgehead atoms. The molecule has 12 nitrogen and oxygen atoms in total. The van der Waals surface area contributed by atoms with Gasteiger partial charge in [0, 0.05) is 18.2 Å².